The molecule has 1 aliphatic carbocycles. The molecule has 0 unspecified atom stereocenters. The third-order valence-electron chi connectivity index (χ3n) is 4.34. The Kier molecular flexibility index (Phi) is 5.09. The zero-order valence-electron chi connectivity index (χ0n) is 13.6. The van der Waals surface area contributed by atoms with Crippen LogP contribution in [0.15, 0.2) is 21.4 Å². The highest BCUT2D eigenvalue weighted by Crippen LogP contribution is 2.43. The van der Waals surface area contributed by atoms with Crippen molar-refractivity contribution in [2.45, 2.75) is 32.2 Å². The number of hydrogen-bond donors (Lipinski definition) is 0. The number of pyridine rings is 1. The van der Waals surface area contributed by atoms with Gasteiger partial charge in [-0.3, -0.25) is 4.79 Å². The minimum Gasteiger partial charge on any atom is -0.462 e. The molecule has 26 heavy (non-hydrogen) atoms. The number of aromatic nitrogens is 1. The highest BCUT2D eigenvalue weighted by atomic mass is 79.9. The minimum absolute atomic E-state index is 0.0363. The monoisotopic (exact) mass is 451 g/mol. The fourth-order valence-electron chi connectivity index (χ4n) is 3.14. The van der Waals surface area contributed by atoms with Crippen molar-refractivity contribution >= 4 is 44.4 Å². The Morgan fingerprint density at radius 3 is 2.65 bits per heavy atom. The molecule has 1 aromatic heterocycles. The van der Waals surface area contributed by atoms with Crippen LogP contribution in [-0.4, -0.2) is 23.1 Å². The Morgan fingerprint density at radius 2 is 2.08 bits per heavy atom. The van der Waals surface area contributed by atoms with Gasteiger partial charge in [-0.1, -0.05) is 11.6 Å². The predicted molar refractivity (Wildman–Crippen MR) is 94.5 cm³/mol. The van der Waals surface area contributed by atoms with Crippen LogP contribution in [0, 0.1) is 11.7 Å². The Morgan fingerprint density at radius 1 is 1.42 bits per heavy atom. The molecule has 0 spiro atoms. The average Bonchev–Trinajstić information content (AvgIpc) is 2.52. The summed E-state index contributed by atoms with van der Waals surface area (Å²) in [5.41, 5.74) is -1.02. The lowest BCUT2D eigenvalue weighted by Gasteiger charge is -2.35. The van der Waals surface area contributed by atoms with Crippen LogP contribution >= 0.6 is 27.5 Å². The number of esters is 1. The normalized spacial score (nSPS) is 16.5. The summed E-state index contributed by atoms with van der Waals surface area (Å²) in [6, 6.07) is 2.44. The molecule has 140 valence electrons. The first-order valence-corrected chi connectivity index (χ1v) is 9.07. The summed E-state index contributed by atoms with van der Waals surface area (Å²) < 4.78 is 46.4. The first kappa shape index (κ1) is 19.2. The minimum atomic E-state index is -2.76. The second kappa shape index (κ2) is 6.88. The van der Waals surface area contributed by atoms with E-state index in [-0.39, 0.29) is 52.0 Å². The Bertz CT molecular complexity index is 953. The standard InChI is InChI=1S/C17H14BrClF3NO3/c1-2-26-16(25)13-14(19)9-3-10(18)11(20)4-12(9)23(15(13)24)7-8-5-17(21,22)6-8/h3-4,8H,2,5-7H2,1H3. The maximum Gasteiger partial charge on any atom is 0.345 e. The SMILES string of the molecule is CCOC(=O)c1c(Cl)c2cc(Br)c(F)cc2n(CC2CC(F)(F)C2)c1=O. The van der Waals surface area contributed by atoms with Crippen molar-refractivity contribution in [3.63, 3.8) is 0 Å². The summed E-state index contributed by atoms with van der Waals surface area (Å²) in [7, 11) is 0. The van der Waals surface area contributed by atoms with E-state index in [1.54, 1.807) is 6.92 Å². The van der Waals surface area contributed by atoms with Gasteiger partial charge in [-0.25, -0.2) is 18.0 Å². The highest BCUT2D eigenvalue weighted by Gasteiger charge is 2.45. The number of fused-ring (bicyclic) bond motifs is 1. The van der Waals surface area contributed by atoms with E-state index in [1.807, 2.05) is 0 Å². The zero-order valence-corrected chi connectivity index (χ0v) is 16.0. The number of carbonyl (C=O) groups is 1. The second-order valence-corrected chi connectivity index (χ2v) is 7.47. The van der Waals surface area contributed by atoms with E-state index in [9.17, 15) is 22.8 Å². The largest absolute Gasteiger partial charge is 0.462 e. The summed E-state index contributed by atoms with van der Waals surface area (Å²) >= 11 is 9.27. The van der Waals surface area contributed by atoms with Crippen molar-refractivity contribution in [2.24, 2.45) is 5.92 Å². The summed E-state index contributed by atoms with van der Waals surface area (Å²) in [5.74, 6) is -4.75. The van der Waals surface area contributed by atoms with E-state index < -0.39 is 29.2 Å². The van der Waals surface area contributed by atoms with Crippen LogP contribution in [0.4, 0.5) is 13.2 Å². The lowest BCUT2D eigenvalue weighted by molar-refractivity contribution is -0.114. The molecule has 1 fully saturated rings. The van der Waals surface area contributed by atoms with E-state index >= 15 is 0 Å². The van der Waals surface area contributed by atoms with E-state index in [1.165, 1.54) is 6.07 Å². The van der Waals surface area contributed by atoms with Crippen LogP contribution < -0.4 is 5.56 Å². The maximum atomic E-state index is 14.0. The third kappa shape index (κ3) is 3.36. The van der Waals surface area contributed by atoms with Crippen molar-refractivity contribution in [3.05, 3.63) is 43.4 Å². The molecule has 0 atom stereocenters. The maximum absolute atomic E-state index is 14.0. The first-order chi connectivity index (χ1) is 12.1. The molecular weight excluding hydrogens is 439 g/mol. The van der Waals surface area contributed by atoms with Crippen LogP contribution in [0.1, 0.15) is 30.1 Å². The van der Waals surface area contributed by atoms with Gasteiger partial charge < -0.3 is 9.30 Å². The molecule has 9 heteroatoms. The molecule has 4 nitrogen and oxygen atoms in total. The number of benzene rings is 1. The van der Waals surface area contributed by atoms with Gasteiger partial charge >= 0.3 is 5.97 Å². The quantitative estimate of drug-likeness (QED) is 0.628. The second-order valence-electron chi connectivity index (χ2n) is 6.24. The zero-order chi connectivity index (χ0) is 19.2. The summed E-state index contributed by atoms with van der Waals surface area (Å²) in [6.45, 7) is 1.55. The van der Waals surface area contributed by atoms with Gasteiger partial charge in [-0.2, -0.15) is 0 Å². The molecule has 1 aromatic carbocycles. The van der Waals surface area contributed by atoms with Crippen molar-refractivity contribution in [3.8, 4) is 0 Å². The number of ether oxygens (including phenoxy) is 1. The Labute approximate surface area is 160 Å². The summed E-state index contributed by atoms with van der Waals surface area (Å²) in [5, 5.41) is 0.105. The number of alkyl halides is 2. The van der Waals surface area contributed by atoms with Gasteiger partial charge in [-0.15, -0.1) is 0 Å². The molecule has 0 radical (unpaired) electrons. The van der Waals surface area contributed by atoms with Crippen LogP contribution in [0.25, 0.3) is 10.9 Å². The molecule has 0 aliphatic heterocycles. The predicted octanol–water partition coefficient (Wildman–Crippen LogP) is 4.78. The Balaban J connectivity index is 2.21. The average molecular weight is 453 g/mol. The van der Waals surface area contributed by atoms with E-state index in [2.05, 4.69) is 15.9 Å². The van der Waals surface area contributed by atoms with Gasteiger partial charge in [0.15, 0.2) is 0 Å². The molecule has 1 aliphatic rings. The molecule has 0 saturated heterocycles. The number of halogens is 5. The van der Waals surface area contributed by atoms with Crippen LogP contribution in [0.5, 0.6) is 0 Å². The third-order valence-corrected chi connectivity index (χ3v) is 5.34. The van der Waals surface area contributed by atoms with E-state index in [0.717, 1.165) is 10.6 Å². The number of hydrogen-bond acceptors (Lipinski definition) is 3. The van der Waals surface area contributed by atoms with Gasteiger partial charge in [0.25, 0.3) is 5.56 Å². The van der Waals surface area contributed by atoms with E-state index in [0.29, 0.717) is 0 Å². The number of carbonyl (C=O) groups excluding carboxylic acids is 1. The molecule has 1 saturated carbocycles. The fraction of sp³-hybridized carbons (Fsp3) is 0.412. The van der Waals surface area contributed by atoms with Crippen LogP contribution in [0.3, 0.4) is 0 Å². The van der Waals surface area contributed by atoms with Gasteiger partial charge in [0, 0.05) is 24.8 Å². The fourth-order valence-corrected chi connectivity index (χ4v) is 3.79. The molecule has 0 N–H and O–H groups in total. The van der Waals surface area contributed by atoms with Crippen molar-refractivity contribution in [1.82, 2.24) is 4.57 Å². The molecule has 0 amide bonds. The topological polar surface area (TPSA) is 48.3 Å². The number of rotatable bonds is 4. The van der Waals surface area contributed by atoms with Crippen LogP contribution in [-0.2, 0) is 11.3 Å². The smallest absolute Gasteiger partial charge is 0.345 e. The molecular formula is C17H14BrClF3NO3. The van der Waals surface area contributed by atoms with Crippen molar-refractivity contribution < 1.29 is 22.7 Å². The summed E-state index contributed by atoms with van der Waals surface area (Å²) in [4.78, 5) is 25.0. The van der Waals surface area contributed by atoms with Gasteiger partial charge in [0.05, 0.1) is 21.6 Å². The van der Waals surface area contributed by atoms with E-state index in [4.69, 9.17) is 16.3 Å². The molecule has 3 rings (SSSR count). The Hall–Kier alpha value is -1.54. The lowest BCUT2D eigenvalue weighted by atomic mass is 9.81. The molecule has 1 heterocycles. The first-order valence-electron chi connectivity index (χ1n) is 7.90. The van der Waals surface area contributed by atoms with Crippen molar-refractivity contribution in [1.29, 1.82) is 0 Å². The molecule has 0 bridgehead atoms. The van der Waals surface area contributed by atoms with Crippen molar-refractivity contribution in [2.75, 3.05) is 6.61 Å². The van der Waals surface area contributed by atoms with Gasteiger partial charge in [-0.05, 0) is 40.9 Å². The lowest BCUT2D eigenvalue weighted by Crippen LogP contribution is -2.40. The summed E-state index contributed by atoms with van der Waals surface area (Å²) in [6.07, 6.45) is -0.728. The number of nitrogens with zero attached hydrogens (tertiary/aromatic N) is 1. The van der Waals surface area contributed by atoms with Gasteiger partial charge in [0.1, 0.15) is 11.4 Å². The molecule has 2 aromatic rings. The highest BCUT2D eigenvalue weighted by molar-refractivity contribution is 9.10. The van der Waals surface area contributed by atoms with Crippen LogP contribution in [0.2, 0.25) is 5.02 Å². The van der Waals surface area contributed by atoms with Gasteiger partial charge in [0.2, 0.25) is 5.92 Å².